The van der Waals surface area contributed by atoms with Crippen LogP contribution in [0.25, 0.3) is 0 Å². The smallest absolute Gasteiger partial charge is 0.256 e. The van der Waals surface area contributed by atoms with Gasteiger partial charge in [-0.1, -0.05) is 23.4 Å². The number of thioether (sulfide) groups is 1. The van der Waals surface area contributed by atoms with Crippen LogP contribution in [0.15, 0.2) is 11.8 Å². The molecule has 0 saturated heterocycles. The van der Waals surface area contributed by atoms with Gasteiger partial charge >= 0.3 is 0 Å². The predicted octanol–water partition coefficient (Wildman–Crippen LogP) is 1.25. The minimum Gasteiger partial charge on any atom is -0.402 e. The van der Waals surface area contributed by atoms with E-state index in [2.05, 4.69) is 5.48 Å². The molecule has 1 rings (SSSR count). The van der Waals surface area contributed by atoms with E-state index >= 15 is 0 Å². The maximum atomic E-state index is 11.0. The monoisotopic (exact) mass is 193 g/mol. The van der Waals surface area contributed by atoms with Crippen molar-refractivity contribution in [1.29, 1.82) is 0 Å². The van der Waals surface area contributed by atoms with Crippen molar-refractivity contribution in [3.05, 3.63) is 11.8 Å². The molecule has 0 spiro atoms. The van der Waals surface area contributed by atoms with Crippen molar-refractivity contribution in [2.75, 3.05) is 6.26 Å². The van der Waals surface area contributed by atoms with Crippen LogP contribution in [-0.2, 0) is 9.63 Å². The first-order valence-corrected chi connectivity index (χ1v) is 4.59. The van der Waals surface area contributed by atoms with Crippen molar-refractivity contribution < 1.29 is 9.63 Å². The first-order chi connectivity index (χ1) is 5.05. The van der Waals surface area contributed by atoms with Gasteiger partial charge in [0.1, 0.15) is 5.00 Å². The summed E-state index contributed by atoms with van der Waals surface area (Å²) in [7, 11) is 0. The van der Waals surface area contributed by atoms with E-state index in [-0.39, 0.29) is 10.9 Å². The van der Waals surface area contributed by atoms with Gasteiger partial charge in [-0.05, 0) is 13.2 Å². The summed E-state index contributed by atoms with van der Waals surface area (Å²) in [5, 5.41) is -0.123. The zero-order chi connectivity index (χ0) is 8.48. The minimum absolute atomic E-state index is 0.123. The molecule has 1 unspecified atom stereocenters. The lowest BCUT2D eigenvalue weighted by Crippen LogP contribution is -2.28. The Hall–Kier alpha value is -0.190. The van der Waals surface area contributed by atoms with Crippen molar-refractivity contribution in [2.45, 2.75) is 11.9 Å². The van der Waals surface area contributed by atoms with Gasteiger partial charge in [-0.25, -0.2) is 0 Å². The summed E-state index contributed by atoms with van der Waals surface area (Å²) in [6.45, 7) is 1.70. The molecule has 1 heterocycles. The Morgan fingerprint density at radius 2 is 2.55 bits per heavy atom. The summed E-state index contributed by atoms with van der Waals surface area (Å²) >= 11 is 6.88. The molecule has 0 aromatic rings. The summed E-state index contributed by atoms with van der Waals surface area (Å²) in [5.41, 5.74) is 2.50. The lowest BCUT2D eigenvalue weighted by Gasteiger charge is -2.08. The fraction of sp³-hybridized carbons (Fsp3) is 0.500. The van der Waals surface area contributed by atoms with Gasteiger partial charge in [0.2, 0.25) is 0 Å². The van der Waals surface area contributed by atoms with E-state index in [1.165, 1.54) is 0 Å². The number of carbonyl (C=O) groups is 1. The second-order valence-electron chi connectivity index (χ2n) is 2.28. The molecule has 0 aliphatic carbocycles. The number of hydrogen-bond acceptors (Lipinski definition) is 4. The predicted molar refractivity (Wildman–Crippen MR) is 45.1 cm³/mol. The SMILES string of the molecule is CSC(=O)C1=CC(C)(Cl)NO1. The highest BCUT2D eigenvalue weighted by Gasteiger charge is 2.29. The summed E-state index contributed by atoms with van der Waals surface area (Å²) in [4.78, 5) is 15.1. The molecule has 3 nitrogen and oxygen atoms in total. The standard InChI is InChI=1S/C6H8ClNO2S/c1-6(7)3-4(10-8-6)5(9)11-2/h3,8H,1-2H3. The van der Waals surface area contributed by atoms with E-state index in [0.717, 1.165) is 11.8 Å². The quantitative estimate of drug-likeness (QED) is 0.503. The Kier molecular flexibility index (Phi) is 2.47. The number of carbonyl (C=O) groups excluding carboxylic acids is 1. The Balaban J connectivity index is 2.70. The minimum atomic E-state index is -0.749. The van der Waals surface area contributed by atoms with Gasteiger partial charge in [-0.2, -0.15) is 0 Å². The molecular weight excluding hydrogens is 186 g/mol. The van der Waals surface area contributed by atoms with Crippen LogP contribution in [0.3, 0.4) is 0 Å². The number of hydroxylamine groups is 1. The van der Waals surface area contributed by atoms with E-state index in [0.29, 0.717) is 0 Å². The van der Waals surface area contributed by atoms with Crippen LogP contribution in [0.1, 0.15) is 6.92 Å². The molecule has 0 fully saturated rings. The van der Waals surface area contributed by atoms with Crippen LogP contribution in [0.5, 0.6) is 0 Å². The third-order valence-corrected chi connectivity index (χ3v) is 1.91. The van der Waals surface area contributed by atoms with Crippen LogP contribution in [0.2, 0.25) is 0 Å². The van der Waals surface area contributed by atoms with Crippen LogP contribution in [0, 0.1) is 0 Å². The van der Waals surface area contributed by atoms with E-state index < -0.39 is 5.00 Å². The highest BCUT2D eigenvalue weighted by atomic mass is 35.5. The molecule has 0 saturated carbocycles. The third-order valence-electron chi connectivity index (χ3n) is 1.15. The third kappa shape index (κ3) is 2.12. The number of hydrogen-bond donors (Lipinski definition) is 1. The average Bonchev–Trinajstić information content (AvgIpc) is 2.29. The van der Waals surface area contributed by atoms with Gasteiger partial charge < -0.3 is 4.84 Å². The second kappa shape index (κ2) is 3.05. The van der Waals surface area contributed by atoms with Crippen LogP contribution < -0.4 is 5.48 Å². The normalized spacial score (nSPS) is 29.5. The molecule has 0 aromatic carbocycles. The Morgan fingerprint density at radius 3 is 2.91 bits per heavy atom. The summed E-state index contributed by atoms with van der Waals surface area (Å²) in [6.07, 6.45) is 3.24. The maximum absolute atomic E-state index is 11.0. The van der Waals surface area contributed by atoms with E-state index in [4.69, 9.17) is 16.4 Å². The summed E-state index contributed by atoms with van der Waals surface area (Å²) in [6, 6.07) is 0. The number of nitrogens with one attached hydrogen (secondary N) is 1. The zero-order valence-electron chi connectivity index (χ0n) is 6.18. The molecule has 0 amide bonds. The van der Waals surface area contributed by atoms with Crippen LogP contribution in [0.4, 0.5) is 0 Å². The van der Waals surface area contributed by atoms with E-state index in [1.54, 1.807) is 19.3 Å². The lowest BCUT2D eigenvalue weighted by molar-refractivity contribution is -0.111. The number of rotatable bonds is 1. The van der Waals surface area contributed by atoms with Crippen LogP contribution in [-0.4, -0.2) is 16.4 Å². The van der Waals surface area contributed by atoms with Crippen molar-refractivity contribution in [3.63, 3.8) is 0 Å². The number of alkyl halides is 1. The first kappa shape index (κ1) is 8.90. The maximum Gasteiger partial charge on any atom is 0.256 e. The van der Waals surface area contributed by atoms with Crippen molar-refractivity contribution in [1.82, 2.24) is 5.48 Å². The van der Waals surface area contributed by atoms with Crippen molar-refractivity contribution in [2.24, 2.45) is 0 Å². The van der Waals surface area contributed by atoms with Gasteiger partial charge in [-0.15, -0.1) is 5.48 Å². The molecule has 5 heteroatoms. The Bertz CT molecular complexity index is 215. The van der Waals surface area contributed by atoms with Gasteiger partial charge in [0.25, 0.3) is 5.12 Å². The van der Waals surface area contributed by atoms with Crippen molar-refractivity contribution >= 4 is 28.5 Å². The molecule has 1 aliphatic heterocycles. The number of halogens is 1. The summed E-state index contributed by atoms with van der Waals surface area (Å²) in [5.74, 6) is 0.273. The molecule has 0 aromatic heterocycles. The molecule has 1 aliphatic rings. The highest BCUT2D eigenvalue weighted by molar-refractivity contribution is 8.13. The topological polar surface area (TPSA) is 38.3 Å². The largest absolute Gasteiger partial charge is 0.402 e. The van der Waals surface area contributed by atoms with Crippen molar-refractivity contribution in [3.8, 4) is 0 Å². The second-order valence-corrected chi connectivity index (χ2v) is 3.84. The Labute approximate surface area is 74.1 Å². The molecule has 1 atom stereocenters. The van der Waals surface area contributed by atoms with Gasteiger partial charge in [-0.3, -0.25) is 4.79 Å². The lowest BCUT2D eigenvalue weighted by atomic mass is 10.3. The Morgan fingerprint density at radius 1 is 1.91 bits per heavy atom. The molecule has 0 radical (unpaired) electrons. The van der Waals surface area contributed by atoms with Gasteiger partial charge in [0.15, 0.2) is 5.76 Å². The van der Waals surface area contributed by atoms with Gasteiger partial charge in [0.05, 0.1) is 0 Å². The molecule has 11 heavy (non-hydrogen) atoms. The van der Waals surface area contributed by atoms with E-state index in [1.807, 2.05) is 0 Å². The average molecular weight is 194 g/mol. The molecule has 62 valence electrons. The van der Waals surface area contributed by atoms with E-state index in [9.17, 15) is 4.79 Å². The highest BCUT2D eigenvalue weighted by Crippen LogP contribution is 2.23. The summed E-state index contributed by atoms with van der Waals surface area (Å²) < 4.78 is 0. The van der Waals surface area contributed by atoms with Gasteiger partial charge in [0, 0.05) is 6.08 Å². The molecule has 0 bridgehead atoms. The first-order valence-electron chi connectivity index (χ1n) is 2.99. The molecule has 1 N–H and O–H groups in total. The fourth-order valence-electron chi connectivity index (χ4n) is 0.661. The van der Waals surface area contributed by atoms with Crippen LogP contribution >= 0.6 is 23.4 Å². The molecular formula is C6H8ClNO2S. The zero-order valence-corrected chi connectivity index (χ0v) is 7.75. The fourth-order valence-corrected chi connectivity index (χ4v) is 1.10.